The molecule has 0 fully saturated rings. The number of nitrogens with zero attached hydrogens (tertiary/aromatic N) is 4. The molecule has 0 radical (unpaired) electrons. The van der Waals surface area contributed by atoms with Crippen LogP contribution in [0, 0.1) is 12.8 Å². The number of aryl methyl sites for hydroxylation is 1. The molecule has 2 unspecified atom stereocenters. The van der Waals surface area contributed by atoms with Crippen molar-refractivity contribution in [2.24, 2.45) is 5.92 Å². The van der Waals surface area contributed by atoms with Crippen molar-refractivity contribution in [2.75, 3.05) is 23.4 Å². The molecule has 0 saturated heterocycles. The van der Waals surface area contributed by atoms with E-state index < -0.39 is 45.6 Å². The summed E-state index contributed by atoms with van der Waals surface area (Å²) in [7, 11) is -10.2. The number of para-hydroxylation sites is 1. The molecule has 56 heavy (non-hydrogen) atoms. The average molecular weight is 816 g/mol. The summed E-state index contributed by atoms with van der Waals surface area (Å²) >= 11 is 0. The predicted octanol–water partition coefficient (Wildman–Crippen LogP) is 2.38. The minimum atomic E-state index is -5.57. The van der Waals surface area contributed by atoms with E-state index in [9.17, 15) is 33.2 Å². The van der Waals surface area contributed by atoms with E-state index >= 15 is 0 Å². The monoisotopic (exact) mass is 815 g/mol. The molecule has 4 rings (SSSR count). The maximum absolute atomic E-state index is 14.1. The summed E-state index contributed by atoms with van der Waals surface area (Å²) in [6.07, 6.45) is 4.59. The first-order chi connectivity index (χ1) is 26.4. The summed E-state index contributed by atoms with van der Waals surface area (Å²) in [6.45, 7) is 5.85. The van der Waals surface area contributed by atoms with Crippen molar-refractivity contribution in [3.63, 3.8) is 0 Å². The lowest BCUT2D eigenvalue weighted by molar-refractivity contribution is -0.195. The third kappa shape index (κ3) is 12.3. The fourth-order valence-electron chi connectivity index (χ4n) is 6.06. The third-order valence-corrected chi connectivity index (χ3v) is 12.2. The summed E-state index contributed by atoms with van der Waals surface area (Å²) in [5.74, 6) is -2.73. The number of nitrogens with one attached hydrogen (secondary N) is 2. The van der Waals surface area contributed by atoms with Crippen LogP contribution in [0.1, 0.15) is 73.1 Å². The Morgan fingerprint density at radius 3 is 2.27 bits per heavy atom. The van der Waals surface area contributed by atoms with Gasteiger partial charge in [0, 0.05) is 43.7 Å². The fraction of sp³-hybridized carbons (Fsp3) is 0.429. The van der Waals surface area contributed by atoms with Gasteiger partial charge in [-0.3, -0.25) is 28.7 Å². The fourth-order valence-corrected chi connectivity index (χ4v) is 8.20. The largest absolute Gasteiger partial charge is 0.777 e. The third-order valence-electron chi connectivity index (χ3n) is 8.92. The Balaban J connectivity index is 1.43. The smallest absolute Gasteiger partial charge is 0.482 e. The van der Waals surface area contributed by atoms with Crippen LogP contribution in [0.25, 0.3) is 0 Å². The van der Waals surface area contributed by atoms with Gasteiger partial charge in [-0.25, -0.2) is 4.98 Å². The first-order valence-corrected chi connectivity index (χ1v) is 21.1. The summed E-state index contributed by atoms with van der Waals surface area (Å²) in [5, 5.41) is 4.29. The van der Waals surface area contributed by atoms with E-state index in [-0.39, 0.29) is 68.9 Å². The van der Waals surface area contributed by atoms with Crippen LogP contribution in [0.5, 0.6) is 0 Å². The van der Waals surface area contributed by atoms with Gasteiger partial charge in [-0.05, 0) is 67.0 Å². The number of amides is 4. The van der Waals surface area contributed by atoms with Crippen molar-refractivity contribution in [1.29, 1.82) is 0 Å². The topological polar surface area (TPSA) is 261 Å². The SMILES string of the molecule is Cc1ccccc1N(C(=O)CNC(=O)c1cnccn1)[C@H](CC(C)C)B1OCc2ccc(N(C)C(=O)CCCCC(=O)NC(P(=O)([O-])O)P(=O)(O)O)cc2CO1. The molecule has 3 aromatic rings. The van der Waals surface area contributed by atoms with Gasteiger partial charge in [-0.1, -0.05) is 38.1 Å². The molecule has 0 bridgehead atoms. The van der Waals surface area contributed by atoms with Crippen LogP contribution in [0.2, 0.25) is 0 Å². The highest BCUT2D eigenvalue weighted by atomic mass is 31.2. The van der Waals surface area contributed by atoms with Gasteiger partial charge < -0.3 is 53.9 Å². The number of benzene rings is 2. The Hall–Kier alpha value is -4.32. The van der Waals surface area contributed by atoms with Crippen molar-refractivity contribution in [3.05, 3.63) is 83.4 Å². The van der Waals surface area contributed by atoms with Crippen LogP contribution in [0.3, 0.4) is 0 Å². The summed E-state index contributed by atoms with van der Waals surface area (Å²) in [4.78, 5) is 102. The van der Waals surface area contributed by atoms with Gasteiger partial charge in [-0.15, -0.1) is 0 Å². The van der Waals surface area contributed by atoms with Gasteiger partial charge in [0.05, 0.1) is 31.9 Å². The Morgan fingerprint density at radius 2 is 1.64 bits per heavy atom. The molecule has 0 spiro atoms. The molecule has 302 valence electrons. The second-order valence-corrected chi connectivity index (χ2v) is 17.5. The maximum Gasteiger partial charge on any atom is 0.482 e. The number of carbonyl (C=O) groups is 4. The molecule has 5 N–H and O–H groups in total. The highest BCUT2D eigenvalue weighted by Gasteiger charge is 2.41. The van der Waals surface area contributed by atoms with Crippen molar-refractivity contribution in [2.45, 2.75) is 77.6 Å². The molecule has 1 aromatic heterocycles. The summed E-state index contributed by atoms with van der Waals surface area (Å²) in [6, 6.07) is 12.8. The number of fused-ring (bicyclic) bond motifs is 1. The lowest BCUT2D eigenvalue weighted by atomic mass is 9.72. The van der Waals surface area contributed by atoms with Gasteiger partial charge in [0.1, 0.15) is 5.69 Å². The van der Waals surface area contributed by atoms with Gasteiger partial charge in [0.15, 0.2) is 13.1 Å². The molecule has 0 saturated carbocycles. The quantitative estimate of drug-likeness (QED) is 0.0745. The summed E-state index contributed by atoms with van der Waals surface area (Å²) < 4.78 is 35.4. The second-order valence-electron chi connectivity index (χ2n) is 13.7. The zero-order valence-corrected chi connectivity index (χ0v) is 33.2. The van der Waals surface area contributed by atoms with E-state index in [1.54, 1.807) is 29.4 Å². The first-order valence-electron chi connectivity index (χ1n) is 17.8. The molecule has 4 amide bonds. The van der Waals surface area contributed by atoms with Crippen molar-refractivity contribution in [3.8, 4) is 0 Å². The molecule has 21 heteroatoms. The Kier molecular flexibility index (Phi) is 15.6. The van der Waals surface area contributed by atoms with Gasteiger partial charge >= 0.3 is 14.7 Å². The number of rotatable bonds is 17. The number of carbonyl (C=O) groups excluding carboxylic acids is 4. The highest BCUT2D eigenvalue weighted by Crippen LogP contribution is 2.55. The van der Waals surface area contributed by atoms with Crippen LogP contribution < -0.4 is 25.3 Å². The van der Waals surface area contributed by atoms with Crippen LogP contribution in [-0.4, -0.2) is 80.5 Å². The van der Waals surface area contributed by atoms with Crippen LogP contribution >= 0.6 is 15.2 Å². The van der Waals surface area contributed by atoms with Gasteiger partial charge in [0.25, 0.3) is 5.91 Å². The Labute approximate surface area is 324 Å². The molecular weight excluding hydrogens is 769 g/mol. The second kappa shape index (κ2) is 19.7. The molecule has 18 nitrogen and oxygen atoms in total. The number of anilines is 2. The Bertz CT molecular complexity index is 1940. The predicted molar refractivity (Wildman–Crippen MR) is 204 cm³/mol. The highest BCUT2D eigenvalue weighted by molar-refractivity contribution is 7.70. The van der Waals surface area contributed by atoms with Crippen molar-refractivity contribution >= 4 is 57.3 Å². The van der Waals surface area contributed by atoms with Gasteiger partial charge in [-0.2, -0.15) is 0 Å². The molecule has 0 aliphatic carbocycles. The van der Waals surface area contributed by atoms with E-state index in [0.29, 0.717) is 17.8 Å². The van der Waals surface area contributed by atoms with Crippen LogP contribution in [-0.2, 0) is 46.0 Å². The number of hydrogen-bond donors (Lipinski definition) is 5. The number of unbranched alkanes of at least 4 members (excludes halogenated alkanes) is 1. The number of aromatic nitrogens is 2. The van der Waals surface area contributed by atoms with E-state index in [2.05, 4.69) is 15.3 Å². The molecule has 2 aromatic carbocycles. The zero-order chi connectivity index (χ0) is 41.2. The average Bonchev–Trinajstić information content (AvgIpc) is 3.36. The van der Waals surface area contributed by atoms with E-state index in [0.717, 1.165) is 16.7 Å². The zero-order valence-electron chi connectivity index (χ0n) is 31.4. The molecule has 2 heterocycles. The molecule has 3 atom stereocenters. The summed E-state index contributed by atoms with van der Waals surface area (Å²) in [5.41, 5.74) is 0.920. The van der Waals surface area contributed by atoms with E-state index in [4.69, 9.17) is 24.0 Å². The number of hydrogen-bond acceptors (Lipinski definition) is 11. The lowest BCUT2D eigenvalue weighted by Gasteiger charge is -2.36. The van der Waals surface area contributed by atoms with Crippen LogP contribution in [0.4, 0.5) is 11.4 Å². The Morgan fingerprint density at radius 1 is 0.964 bits per heavy atom. The van der Waals surface area contributed by atoms with E-state index in [1.807, 2.05) is 51.1 Å². The molecular formula is C35H46BN6O12P2-. The first kappa shape index (κ1) is 44.4. The van der Waals surface area contributed by atoms with Crippen LogP contribution in [0.15, 0.2) is 61.1 Å². The van der Waals surface area contributed by atoms with Gasteiger partial charge in [0.2, 0.25) is 17.7 Å². The molecule has 1 aliphatic rings. The van der Waals surface area contributed by atoms with Crippen molar-refractivity contribution < 1.29 is 57.2 Å². The lowest BCUT2D eigenvalue weighted by Crippen LogP contribution is -2.55. The van der Waals surface area contributed by atoms with Crippen molar-refractivity contribution in [1.82, 2.24) is 20.6 Å². The maximum atomic E-state index is 14.1. The normalized spacial score (nSPS) is 15.1. The van der Waals surface area contributed by atoms with E-state index in [1.165, 1.54) is 23.5 Å². The standard InChI is InChI=1S/C35H47BN6O12P2/c1-23(2)17-30(42(29-10-6-5-9-24(29)3)33(45)20-39-34(46)28-19-37-15-16-38-28)36-53-21-25-13-14-27(18-26(25)22-54-36)41(4)32(44)12-8-7-11-31(43)40-35(55(47,48)49)56(50,51)52/h5-6,9-10,13-16,18-19,23,30,35H,7-8,11-12,17,20-22H2,1-4H3,(H,39,46)(H,40,43)(H2,47,48,49)(H2,50,51,52)/p-1/t30-/m1/s1. The minimum absolute atomic E-state index is 0.00335. The molecule has 1 aliphatic heterocycles. The minimum Gasteiger partial charge on any atom is -0.777 e.